The molecule has 0 unspecified atom stereocenters. The lowest BCUT2D eigenvalue weighted by Gasteiger charge is -2.07. The SMILES string of the molecule is Cc1nc2ccc(C(=O)Nc3ccnn3C)cc2nc1C. The van der Waals surface area contributed by atoms with E-state index in [2.05, 4.69) is 20.4 Å². The topological polar surface area (TPSA) is 72.7 Å². The van der Waals surface area contributed by atoms with E-state index in [1.807, 2.05) is 19.9 Å². The molecule has 0 fully saturated rings. The molecule has 6 nitrogen and oxygen atoms in total. The molecule has 6 heteroatoms. The number of carbonyl (C=O) groups is 1. The van der Waals surface area contributed by atoms with Gasteiger partial charge in [0.1, 0.15) is 5.82 Å². The van der Waals surface area contributed by atoms with Gasteiger partial charge in [-0.05, 0) is 32.0 Å². The van der Waals surface area contributed by atoms with Crippen LogP contribution in [0.5, 0.6) is 0 Å². The number of anilines is 1. The Hall–Kier alpha value is -2.76. The van der Waals surface area contributed by atoms with E-state index in [0.29, 0.717) is 11.4 Å². The fourth-order valence-corrected chi connectivity index (χ4v) is 2.06. The maximum absolute atomic E-state index is 12.3. The standard InChI is InChI=1S/C15H15N5O/c1-9-10(2)18-13-8-11(4-5-12(13)17-9)15(21)19-14-6-7-16-20(14)3/h4-8H,1-3H3,(H,19,21). The molecule has 3 aromatic rings. The minimum absolute atomic E-state index is 0.194. The van der Waals surface area contributed by atoms with Crippen LogP contribution in [-0.2, 0) is 7.05 Å². The molecule has 1 amide bonds. The maximum Gasteiger partial charge on any atom is 0.256 e. The number of amides is 1. The second kappa shape index (κ2) is 4.97. The van der Waals surface area contributed by atoms with E-state index < -0.39 is 0 Å². The molecular weight excluding hydrogens is 266 g/mol. The molecule has 0 radical (unpaired) electrons. The van der Waals surface area contributed by atoms with Crippen LogP contribution in [0.2, 0.25) is 0 Å². The van der Waals surface area contributed by atoms with Crippen LogP contribution < -0.4 is 5.32 Å². The van der Waals surface area contributed by atoms with Crippen molar-refractivity contribution in [3.05, 3.63) is 47.4 Å². The molecule has 0 aliphatic rings. The van der Waals surface area contributed by atoms with Crippen molar-refractivity contribution in [2.24, 2.45) is 7.05 Å². The van der Waals surface area contributed by atoms with Crippen molar-refractivity contribution in [2.45, 2.75) is 13.8 Å². The van der Waals surface area contributed by atoms with Crippen molar-refractivity contribution in [3.63, 3.8) is 0 Å². The Morgan fingerprint density at radius 3 is 2.48 bits per heavy atom. The van der Waals surface area contributed by atoms with Gasteiger partial charge < -0.3 is 5.32 Å². The summed E-state index contributed by atoms with van der Waals surface area (Å²) >= 11 is 0. The summed E-state index contributed by atoms with van der Waals surface area (Å²) in [6.45, 7) is 3.83. The molecule has 21 heavy (non-hydrogen) atoms. The molecule has 0 atom stereocenters. The van der Waals surface area contributed by atoms with Crippen LogP contribution in [0, 0.1) is 13.8 Å². The molecule has 0 spiro atoms. The Morgan fingerprint density at radius 1 is 1.10 bits per heavy atom. The van der Waals surface area contributed by atoms with Gasteiger partial charge in [-0.25, -0.2) is 9.97 Å². The Bertz CT molecular complexity index is 837. The van der Waals surface area contributed by atoms with E-state index in [-0.39, 0.29) is 5.91 Å². The predicted molar refractivity (Wildman–Crippen MR) is 80.2 cm³/mol. The summed E-state index contributed by atoms with van der Waals surface area (Å²) in [4.78, 5) is 21.2. The van der Waals surface area contributed by atoms with Crippen molar-refractivity contribution >= 4 is 22.8 Å². The average molecular weight is 281 g/mol. The van der Waals surface area contributed by atoms with Gasteiger partial charge in [0.2, 0.25) is 0 Å². The third kappa shape index (κ3) is 2.47. The Balaban J connectivity index is 1.95. The van der Waals surface area contributed by atoms with Gasteiger partial charge >= 0.3 is 0 Å². The number of rotatable bonds is 2. The van der Waals surface area contributed by atoms with Crippen molar-refractivity contribution in [2.75, 3.05) is 5.32 Å². The summed E-state index contributed by atoms with van der Waals surface area (Å²) in [5.41, 5.74) is 3.81. The first-order valence-electron chi connectivity index (χ1n) is 6.59. The van der Waals surface area contributed by atoms with Crippen LogP contribution in [-0.4, -0.2) is 25.7 Å². The van der Waals surface area contributed by atoms with Gasteiger partial charge in [-0.2, -0.15) is 5.10 Å². The number of hydrogen-bond donors (Lipinski definition) is 1. The highest BCUT2D eigenvalue weighted by Crippen LogP contribution is 2.15. The monoisotopic (exact) mass is 281 g/mol. The lowest BCUT2D eigenvalue weighted by Crippen LogP contribution is -2.14. The van der Waals surface area contributed by atoms with Crippen LogP contribution in [0.4, 0.5) is 5.82 Å². The fraction of sp³-hybridized carbons (Fsp3) is 0.200. The largest absolute Gasteiger partial charge is 0.307 e. The molecule has 2 aromatic heterocycles. The highest BCUT2D eigenvalue weighted by Gasteiger charge is 2.10. The Labute approximate surface area is 121 Å². The number of carbonyl (C=O) groups excluding carboxylic acids is 1. The summed E-state index contributed by atoms with van der Waals surface area (Å²) in [7, 11) is 1.77. The van der Waals surface area contributed by atoms with E-state index in [0.717, 1.165) is 22.4 Å². The normalized spacial score (nSPS) is 10.8. The van der Waals surface area contributed by atoms with E-state index in [9.17, 15) is 4.79 Å². The predicted octanol–water partition coefficient (Wildman–Crippen LogP) is 2.23. The molecule has 0 bridgehead atoms. The van der Waals surface area contributed by atoms with Gasteiger partial charge in [-0.15, -0.1) is 0 Å². The Morgan fingerprint density at radius 2 is 1.81 bits per heavy atom. The highest BCUT2D eigenvalue weighted by molar-refractivity contribution is 6.05. The maximum atomic E-state index is 12.3. The van der Waals surface area contributed by atoms with Gasteiger partial charge in [0, 0.05) is 18.7 Å². The third-order valence-electron chi connectivity index (χ3n) is 3.40. The number of nitrogens with zero attached hydrogens (tertiary/aromatic N) is 4. The van der Waals surface area contributed by atoms with E-state index >= 15 is 0 Å². The van der Waals surface area contributed by atoms with E-state index in [1.54, 1.807) is 36.1 Å². The molecule has 0 saturated heterocycles. The van der Waals surface area contributed by atoms with Gasteiger partial charge in [0.25, 0.3) is 5.91 Å². The van der Waals surface area contributed by atoms with E-state index in [1.165, 1.54) is 0 Å². The lowest BCUT2D eigenvalue weighted by atomic mass is 10.1. The smallest absolute Gasteiger partial charge is 0.256 e. The molecule has 3 rings (SSSR count). The molecule has 1 aromatic carbocycles. The zero-order chi connectivity index (χ0) is 15.0. The molecule has 106 valence electrons. The second-order valence-electron chi connectivity index (χ2n) is 4.89. The first-order valence-corrected chi connectivity index (χ1v) is 6.59. The number of nitrogens with one attached hydrogen (secondary N) is 1. The molecule has 0 saturated carbocycles. The quantitative estimate of drug-likeness (QED) is 0.781. The van der Waals surface area contributed by atoms with Crippen molar-refractivity contribution < 1.29 is 4.79 Å². The molecule has 2 heterocycles. The average Bonchev–Trinajstić information content (AvgIpc) is 2.85. The number of hydrogen-bond acceptors (Lipinski definition) is 4. The van der Waals surface area contributed by atoms with Gasteiger partial charge in [0.15, 0.2) is 0 Å². The summed E-state index contributed by atoms with van der Waals surface area (Å²) in [6, 6.07) is 7.05. The van der Waals surface area contributed by atoms with Crippen LogP contribution in [0.1, 0.15) is 21.7 Å². The zero-order valence-corrected chi connectivity index (χ0v) is 12.1. The van der Waals surface area contributed by atoms with Gasteiger partial charge in [0.05, 0.1) is 28.6 Å². The molecule has 0 aliphatic carbocycles. The van der Waals surface area contributed by atoms with Crippen molar-refractivity contribution in [3.8, 4) is 0 Å². The lowest BCUT2D eigenvalue weighted by molar-refractivity contribution is 0.102. The minimum Gasteiger partial charge on any atom is -0.307 e. The first kappa shape index (κ1) is 13.2. The summed E-state index contributed by atoms with van der Waals surface area (Å²) in [5, 5.41) is 6.82. The zero-order valence-electron chi connectivity index (χ0n) is 12.1. The Kier molecular flexibility index (Phi) is 3.13. The minimum atomic E-state index is -0.194. The van der Waals surface area contributed by atoms with Crippen LogP contribution in [0.15, 0.2) is 30.5 Å². The van der Waals surface area contributed by atoms with Crippen LogP contribution in [0.3, 0.4) is 0 Å². The van der Waals surface area contributed by atoms with Crippen molar-refractivity contribution in [1.82, 2.24) is 19.7 Å². The van der Waals surface area contributed by atoms with Crippen LogP contribution >= 0.6 is 0 Å². The van der Waals surface area contributed by atoms with E-state index in [4.69, 9.17) is 0 Å². The summed E-state index contributed by atoms with van der Waals surface area (Å²) < 4.78 is 1.60. The highest BCUT2D eigenvalue weighted by atomic mass is 16.1. The summed E-state index contributed by atoms with van der Waals surface area (Å²) in [6.07, 6.45) is 1.63. The molecule has 0 aliphatic heterocycles. The summed E-state index contributed by atoms with van der Waals surface area (Å²) in [5.74, 6) is 0.451. The van der Waals surface area contributed by atoms with Crippen molar-refractivity contribution in [1.29, 1.82) is 0 Å². The second-order valence-corrected chi connectivity index (χ2v) is 4.89. The first-order chi connectivity index (χ1) is 10.0. The molecular formula is C15H15N5O. The fourth-order valence-electron chi connectivity index (χ4n) is 2.06. The van der Waals surface area contributed by atoms with Gasteiger partial charge in [-0.1, -0.05) is 0 Å². The number of aromatic nitrogens is 4. The number of fused-ring (bicyclic) bond motifs is 1. The van der Waals surface area contributed by atoms with Crippen LogP contribution in [0.25, 0.3) is 11.0 Å². The number of benzene rings is 1. The number of aryl methyl sites for hydroxylation is 3. The van der Waals surface area contributed by atoms with Gasteiger partial charge in [-0.3, -0.25) is 9.48 Å². The molecule has 1 N–H and O–H groups in total. The third-order valence-corrected chi connectivity index (χ3v) is 3.40.